The van der Waals surface area contributed by atoms with Crippen molar-refractivity contribution in [3.05, 3.63) is 65.9 Å². The van der Waals surface area contributed by atoms with Gasteiger partial charge in [0.2, 0.25) is 0 Å². The molecule has 0 spiro atoms. The number of carboxylic acid groups (broad SMARTS) is 1. The first-order valence-electron chi connectivity index (χ1n) is 6.61. The number of hydrogen-bond donors (Lipinski definition) is 2. The molecule has 21 heavy (non-hydrogen) atoms. The fraction of sp³-hybridized carbons (Fsp3) is 0.0588. The second-order valence-electron chi connectivity index (χ2n) is 4.81. The number of fused-ring (bicyclic) bond motifs is 1. The zero-order valence-corrected chi connectivity index (χ0v) is 11.5. The highest BCUT2D eigenvalue weighted by Gasteiger charge is 2.10. The van der Waals surface area contributed by atoms with E-state index in [0.29, 0.717) is 5.69 Å². The van der Waals surface area contributed by atoms with E-state index in [1.165, 1.54) is 0 Å². The Hall–Kier alpha value is -2.88. The Morgan fingerprint density at radius 2 is 1.76 bits per heavy atom. The lowest BCUT2D eigenvalue weighted by molar-refractivity contribution is 0.0698. The highest BCUT2D eigenvalue weighted by molar-refractivity contribution is 5.98. The lowest BCUT2D eigenvalue weighted by Gasteiger charge is -2.11. The van der Waals surface area contributed by atoms with Gasteiger partial charge in [-0.3, -0.25) is 4.98 Å². The SMILES string of the molecule is Cc1ccc2cccc(Nc3ccccc3C(=O)O)c2n1. The zero-order valence-electron chi connectivity index (χ0n) is 11.5. The molecule has 4 nitrogen and oxygen atoms in total. The molecule has 0 radical (unpaired) electrons. The number of nitrogens with one attached hydrogen (secondary N) is 1. The Morgan fingerprint density at radius 1 is 1.00 bits per heavy atom. The van der Waals surface area contributed by atoms with Crippen molar-refractivity contribution in [2.24, 2.45) is 0 Å². The molecule has 0 saturated heterocycles. The van der Waals surface area contributed by atoms with Gasteiger partial charge in [-0.05, 0) is 31.2 Å². The fourth-order valence-corrected chi connectivity index (χ4v) is 2.27. The van der Waals surface area contributed by atoms with E-state index in [1.54, 1.807) is 24.3 Å². The van der Waals surface area contributed by atoms with Crippen LogP contribution >= 0.6 is 0 Å². The molecule has 0 aliphatic carbocycles. The number of carboxylic acids is 1. The number of pyridine rings is 1. The molecule has 0 unspecified atom stereocenters. The van der Waals surface area contributed by atoms with Crippen molar-refractivity contribution >= 4 is 28.2 Å². The summed E-state index contributed by atoms with van der Waals surface area (Å²) in [5.41, 5.74) is 3.34. The van der Waals surface area contributed by atoms with Gasteiger partial charge in [0.25, 0.3) is 0 Å². The zero-order chi connectivity index (χ0) is 14.8. The Labute approximate surface area is 122 Å². The van der Waals surface area contributed by atoms with Gasteiger partial charge in [0.1, 0.15) is 0 Å². The van der Waals surface area contributed by atoms with Crippen LogP contribution in [0.2, 0.25) is 0 Å². The monoisotopic (exact) mass is 278 g/mol. The van der Waals surface area contributed by atoms with E-state index in [2.05, 4.69) is 10.3 Å². The van der Waals surface area contributed by atoms with Crippen molar-refractivity contribution < 1.29 is 9.90 Å². The first-order chi connectivity index (χ1) is 10.1. The number of rotatable bonds is 3. The van der Waals surface area contributed by atoms with E-state index in [-0.39, 0.29) is 5.56 Å². The molecule has 0 atom stereocenters. The Morgan fingerprint density at radius 3 is 2.57 bits per heavy atom. The predicted octanol–water partition coefficient (Wildman–Crippen LogP) is 3.99. The van der Waals surface area contributed by atoms with Crippen molar-refractivity contribution in [2.75, 3.05) is 5.32 Å². The lowest BCUT2D eigenvalue weighted by atomic mass is 10.1. The fourth-order valence-electron chi connectivity index (χ4n) is 2.27. The molecular formula is C17H14N2O2. The smallest absolute Gasteiger partial charge is 0.337 e. The summed E-state index contributed by atoms with van der Waals surface area (Å²) in [4.78, 5) is 15.8. The van der Waals surface area contributed by atoms with Crippen molar-refractivity contribution in [3.8, 4) is 0 Å². The van der Waals surface area contributed by atoms with Gasteiger partial charge >= 0.3 is 5.97 Å². The van der Waals surface area contributed by atoms with Crippen LogP contribution in [-0.2, 0) is 0 Å². The van der Waals surface area contributed by atoms with Crippen LogP contribution in [0.5, 0.6) is 0 Å². The number of benzene rings is 2. The summed E-state index contributed by atoms with van der Waals surface area (Å²) in [6, 6.07) is 16.6. The van der Waals surface area contributed by atoms with Gasteiger partial charge in [-0.1, -0.05) is 30.3 Å². The molecule has 0 fully saturated rings. The summed E-state index contributed by atoms with van der Waals surface area (Å²) >= 11 is 0. The lowest BCUT2D eigenvalue weighted by Crippen LogP contribution is -2.03. The minimum atomic E-state index is -0.956. The predicted molar refractivity (Wildman–Crippen MR) is 83.2 cm³/mol. The Kier molecular flexibility index (Phi) is 3.28. The number of para-hydroxylation sites is 2. The summed E-state index contributed by atoms with van der Waals surface area (Å²) < 4.78 is 0. The van der Waals surface area contributed by atoms with Crippen LogP contribution in [0.4, 0.5) is 11.4 Å². The standard InChI is InChI=1S/C17H14N2O2/c1-11-9-10-12-5-4-8-15(16(12)18-11)19-14-7-3-2-6-13(14)17(20)21/h2-10,19H,1H3,(H,20,21). The molecule has 3 aromatic rings. The first-order valence-corrected chi connectivity index (χ1v) is 6.61. The third-order valence-corrected chi connectivity index (χ3v) is 3.29. The highest BCUT2D eigenvalue weighted by atomic mass is 16.4. The highest BCUT2D eigenvalue weighted by Crippen LogP contribution is 2.27. The summed E-state index contributed by atoms with van der Waals surface area (Å²) in [5.74, 6) is -0.956. The quantitative estimate of drug-likeness (QED) is 0.760. The van der Waals surface area contributed by atoms with Crippen LogP contribution in [0.15, 0.2) is 54.6 Å². The van der Waals surface area contributed by atoms with Gasteiger partial charge < -0.3 is 10.4 Å². The number of hydrogen-bond acceptors (Lipinski definition) is 3. The molecule has 0 aliphatic rings. The average Bonchev–Trinajstić information content (AvgIpc) is 2.48. The minimum absolute atomic E-state index is 0.238. The summed E-state index contributed by atoms with van der Waals surface area (Å²) in [5, 5.41) is 13.4. The van der Waals surface area contributed by atoms with E-state index in [9.17, 15) is 9.90 Å². The Bertz CT molecular complexity index is 828. The summed E-state index contributed by atoms with van der Waals surface area (Å²) in [6.45, 7) is 1.93. The molecule has 3 rings (SSSR count). The minimum Gasteiger partial charge on any atom is -0.478 e. The molecule has 0 amide bonds. The number of aromatic carboxylic acids is 1. The molecule has 2 aromatic carbocycles. The number of anilines is 2. The van der Waals surface area contributed by atoms with Crippen LogP contribution in [0.3, 0.4) is 0 Å². The maximum Gasteiger partial charge on any atom is 0.337 e. The van der Waals surface area contributed by atoms with E-state index in [4.69, 9.17) is 0 Å². The summed E-state index contributed by atoms with van der Waals surface area (Å²) in [6.07, 6.45) is 0. The van der Waals surface area contributed by atoms with E-state index < -0.39 is 5.97 Å². The molecule has 0 saturated carbocycles. The van der Waals surface area contributed by atoms with E-state index in [1.807, 2.05) is 37.3 Å². The molecule has 0 bridgehead atoms. The first kappa shape index (κ1) is 13.1. The topological polar surface area (TPSA) is 62.2 Å². The third-order valence-electron chi connectivity index (χ3n) is 3.29. The molecular weight excluding hydrogens is 264 g/mol. The molecule has 2 N–H and O–H groups in total. The number of aryl methyl sites for hydroxylation is 1. The van der Waals surface area contributed by atoms with E-state index in [0.717, 1.165) is 22.3 Å². The molecule has 4 heteroatoms. The van der Waals surface area contributed by atoms with Gasteiger partial charge in [-0.25, -0.2) is 4.79 Å². The van der Waals surface area contributed by atoms with Crippen molar-refractivity contribution in [1.82, 2.24) is 4.98 Å². The van der Waals surface area contributed by atoms with Crippen LogP contribution in [0, 0.1) is 6.92 Å². The van der Waals surface area contributed by atoms with Crippen LogP contribution in [0.1, 0.15) is 16.1 Å². The van der Waals surface area contributed by atoms with Gasteiger partial charge in [0.05, 0.1) is 22.5 Å². The van der Waals surface area contributed by atoms with E-state index >= 15 is 0 Å². The van der Waals surface area contributed by atoms with Crippen molar-refractivity contribution in [2.45, 2.75) is 6.92 Å². The maximum absolute atomic E-state index is 11.3. The van der Waals surface area contributed by atoms with Crippen molar-refractivity contribution in [3.63, 3.8) is 0 Å². The van der Waals surface area contributed by atoms with Crippen molar-refractivity contribution in [1.29, 1.82) is 0 Å². The second-order valence-corrected chi connectivity index (χ2v) is 4.81. The summed E-state index contributed by atoms with van der Waals surface area (Å²) in [7, 11) is 0. The third kappa shape index (κ3) is 2.56. The molecule has 104 valence electrons. The van der Waals surface area contributed by atoms with Crippen LogP contribution in [0.25, 0.3) is 10.9 Å². The maximum atomic E-state index is 11.3. The molecule has 1 aromatic heterocycles. The normalized spacial score (nSPS) is 10.5. The average molecular weight is 278 g/mol. The number of nitrogens with zero attached hydrogens (tertiary/aromatic N) is 1. The second kappa shape index (κ2) is 5.25. The van der Waals surface area contributed by atoms with Crippen LogP contribution < -0.4 is 5.32 Å². The molecule has 1 heterocycles. The number of carbonyl (C=O) groups is 1. The van der Waals surface area contributed by atoms with Gasteiger partial charge in [-0.15, -0.1) is 0 Å². The van der Waals surface area contributed by atoms with Gasteiger partial charge in [0.15, 0.2) is 0 Å². The largest absolute Gasteiger partial charge is 0.478 e. The molecule has 0 aliphatic heterocycles. The number of aromatic nitrogens is 1. The Balaban J connectivity index is 2.11. The van der Waals surface area contributed by atoms with Gasteiger partial charge in [0, 0.05) is 11.1 Å². The van der Waals surface area contributed by atoms with Gasteiger partial charge in [-0.2, -0.15) is 0 Å². The van der Waals surface area contributed by atoms with Crippen LogP contribution in [-0.4, -0.2) is 16.1 Å².